The fourth-order valence-electron chi connectivity index (χ4n) is 2.69. The average molecular weight is 493 g/mol. The average Bonchev–Trinajstić information content (AvgIpc) is 2.63. The predicted octanol–water partition coefficient (Wildman–Crippen LogP) is 4.05. The highest BCUT2D eigenvalue weighted by Crippen LogP contribution is 2.33. The maximum atomic E-state index is 13.9. The molecule has 0 aromatic heterocycles. The Labute approximate surface area is 175 Å². The summed E-state index contributed by atoms with van der Waals surface area (Å²) in [5.41, 5.74) is 0.883. The van der Waals surface area contributed by atoms with E-state index in [1.54, 1.807) is 6.07 Å². The molecule has 0 bridgehead atoms. The van der Waals surface area contributed by atoms with E-state index < -0.39 is 32.6 Å². The van der Waals surface area contributed by atoms with Crippen LogP contribution in [0.5, 0.6) is 5.75 Å². The summed E-state index contributed by atoms with van der Waals surface area (Å²) in [6.07, 6.45) is 0. The van der Waals surface area contributed by atoms with Gasteiger partial charge in [-0.25, -0.2) is 12.8 Å². The quantitative estimate of drug-likeness (QED) is 0.681. The Morgan fingerprint density at radius 2 is 2.11 bits per heavy atom. The Bertz CT molecular complexity index is 1030. The zero-order chi connectivity index (χ0) is 20.5. The smallest absolute Gasteiger partial charge is 0.242 e. The Kier molecular flexibility index (Phi) is 6.28. The highest BCUT2D eigenvalue weighted by atomic mass is 79.9. The maximum absolute atomic E-state index is 13.9. The van der Waals surface area contributed by atoms with Crippen molar-refractivity contribution in [3.8, 4) is 5.75 Å². The van der Waals surface area contributed by atoms with Crippen LogP contribution in [-0.4, -0.2) is 26.4 Å². The minimum Gasteiger partial charge on any atom is -0.467 e. The van der Waals surface area contributed by atoms with Gasteiger partial charge in [-0.3, -0.25) is 4.79 Å². The van der Waals surface area contributed by atoms with Crippen molar-refractivity contribution in [2.75, 3.05) is 12.1 Å². The fourth-order valence-corrected chi connectivity index (χ4v) is 4.57. The van der Waals surface area contributed by atoms with Crippen LogP contribution in [0.25, 0.3) is 0 Å². The second kappa shape index (κ2) is 8.36. The van der Waals surface area contributed by atoms with E-state index in [2.05, 4.69) is 21.2 Å². The number of nitrogens with one attached hydrogen (secondary N) is 1. The molecule has 150 valence electrons. The molecule has 0 aliphatic carbocycles. The lowest BCUT2D eigenvalue weighted by atomic mass is 10.1. The van der Waals surface area contributed by atoms with Crippen molar-refractivity contribution in [3.63, 3.8) is 0 Å². The number of halogens is 3. The van der Waals surface area contributed by atoms with Crippen LogP contribution < -0.4 is 10.1 Å². The summed E-state index contributed by atoms with van der Waals surface area (Å²) in [4.78, 5) is 12.4. The van der Waals surface area contributed by atoms with Crippen LogP contribution in [0.4, 0.5) is 10.1 Å². The van der Waals surface area contributed by atoms with Gasteiger partial charge in [0.25, 0.3) is 0 Å². The lowest BCUT2D eigenvalue weighted by molar-refractivity contribution is -0.115. The molecular weight excluding hydrogens is 477 g/mol. The lowest BCUT2D eigenvalue weighted by Gasteiger charge is -2.22. The highest BCUT2D eigenvalue weighted by Gasteiger charge is 2.31. The highest BCUT2D eigenvalue weighted by molar-refractivity contribution is 9.10. The van der Waals surface area contributed by atoms with Crippen LogP contribution in [0, 0.1) is 5.82 Å². The number of carbonyl (C=O) groups excluding carboxylic acids is 1. The van der Waals surface area contributed by atoms with E-state index in [1.807, 2.05) is 0 Å². The molecule has 0 radical (unpaired) electrons. The van der Waals surface area contributed by atoms with Crippen LogP contribution >= 0.6 is 27.5 Å². The second-order valence-corrected chi connectivity index (χ2v) is 9.90. The van der Waals surface area contributed by atoms with E-state index in [0.717, 1.165) is 0 Å². The van der Waals surface area contributed by atoms with Crippen molar-refractivity contribution in [1.82, 2.24) is 0 Å². The second-order valence-electron chi connectivity index (χ2n) is 6.23. The van der Waals surface area contributed by atoms with Crippen molar-refractivity contribution >= 4 is 49.0 Å². The standard InChI is InChI=1S/C18H16BrClFNO5S/c1-10(18(23)22-16-3-2-13(19)6-15(16)21)28(24,25)8-12-5-14(20)4-11-7-26-9-27-17(11)12/h2-6,10H,7-9H2,1H3,(H,22,23)/t10-/m0/s1. The zero-order valence-electron chi connectivity index (χ0n) is 14.7. The number of fused-ring (bicyclic) bond motifs is 1. The van der Waals surface area contributed by atoms with E-state index in [-0.39, 0.29) is 19.1 Å². The molecule has 1 N–H and O–H groups in total. The van der Waals surface area contributed by atoms with Crippen LogP contribution in [0.3, 0.4) is 0 Å². The normalized spacial score (nSPS) is 14.7. The van der Waals surface area contributed by atoms with Gasteiger partial charge < -0.3 is 14.8 Å². The van der Waals surface area contributed by atoms with Crippen molar-refractivity contribution in [1.29, 1.82) is 0 Å². The Balaban J connectivity index is 1.81. The zero-order valence-corrected chi connectivity index (χ0v) is 17.8. The van der Waals surface area contributed by atoms with Gasteiger partial charge >= 0.3 is 0 Å². The molecule has 1 amide bonds. The van der Waals surface area contributed by atoms with E-state index in [9.17, 15) is 17.6 Å². The summed E-state index contributed by atoms with van der Waals surface area (Å²) in [7, 11) is -3.93. The van der Waals surface area contributed by atoms with Crippen LogP contribution in [0.1, 0.15) is 18.1 Å². The van der Waals surface area contributed by atoms with Crippen molar-refractivity contribution in [2.24, 2.45) is 0 Å². The van der Waals surface area contributed by atoms with Gasteiger partial charge in [0, 0.05) is 20.6 Å². The molecule has 0 spiro atoms. The predicted molar refractivity (Wildman–Crippen MR) is 107 cm³/mol. The Morgan fingerprint density at radius 3 is 2.82 bits per heavy atom. The molecule has 10 heteroatoms. The summed E-state index contributed by atoms with van der Waals surface area (Å²) in [5, 5.41) is 1.24. The number of rotatable bonds is 5. The third-order valence-electron chi connectivity index (χ3n) is 4.21. The van der Waals surface area contributed by atoms with Crippen LogP contribution in [0.15, 0.2) is 34.8 Å². The molecule has 1 aliphatic rings. The summed E-state index contributed by atoms with van der Waals surface area (Å²) in [5.74, 6) is -1.57. The van der Waals surface area contributed by atoms with Gasteiger partial charge in [0.05, 0.1) is 18.0 Å². The monoisotopic (exact) mass is 491 g/mol. The summed E-state index contributed by atoms with van der Waals surface area (Å²) >= 11 is 9.18. The molecule has 6 nitrogen and oxygen atoms in total. The molecular formula is C18H16BrClFNO5S. The van der Waals surface area contributed by atoms with Gasteiger partial charge in [0.2, 0.25) is 5.91 Å². The van der Waals surface area contributed by atoms with Gasteiger partial charge in [-0.1, -0.05) is 27.5 Å². The topological polar surface area (TPSA) is 81.7 Å². The molecule has 0 saturated carbocycles. The van der Waals surface area contributed by atoms with E-state index >= 15 is 0 Å². The SMILES string of the molecule is C[C@@H](C(=O)Nc1ccc(Br)cc1F)S(=O)(=O)Cc1cc(Cl)cc2c1OCOC2. The third kappa shape index (κ3) is 4.65. The van der Waals surface area contributed by atoms with Crippen molar-refractivity contribution in [2.45, 2.75) is 24.5 Å². The number of hydrogen-bond donors (Lipinski definition) is 1. The molecule has 1 heterocycles. The molecule has 2 aromatic rings. The van der Waals surface area contributed by atoms with Crippen LogP contribution in [-0.2, 0) is 31.7 Å². The van der Waals surface area contributed by atoms with Gasteiger partial charge in [0.15, 0.2) is 16.6 Å². The van der Waals surface area contributed by atoms with Crippen molar-refractivity contribution in [3.05, 3.63) is 56.8 Å². The van der Waals surface area contributed by atoms with Gasteiger partial charge in [-0.15, -0.1) is 0 Å². The minimum atomic E-state index is -3.93. The van der Waals surface area contributed by atoms with Crippen molar-refractivity contribution < 1.29 is 27.1 Å². The largest absolute Gasteiger partial charge is 0.467 e. The molecule has 0 fully saturated rings. The summed E-state index contributed by atoms with van der Waals surface area (Å²) < 4.78 is 50.6. The first-order valence-corrected chi connectivity index (χ1v) is 11.1. The van der Waals surface area contributed by atoms with Gasteiger partial charge in [-0.05, 0) is 37.3 Å². The van der Waals surface area contributed by atoms with Crippen LogP contribution in [0.2, 0.25) is 5.02 Å². The number of carbonyl (C=O) groups is 1. The number of anilines is 1. The first-order valence-electron chi connectivity index (χ1n) is 8.16. The third-order valence-corrected chi connectivity index (χ3v) is 6.92. The lowest BCUT2D eigenvalue weighted by Crippen LogP contribution is -2.33. The molecule has 0 unspecified atom stereocenters. The first-order chi connectivity index (χ1) is 13.2. The molecule has 1 atom stereocenters. The summed E-state index contributed by atoms with van der Waals surface area (Å²) in [6, 6.07) is 7.18. The number of sulfone groups is 1. The molecule has 0 saturated heterocycles. The van der Waals surface area contributed by atoms with E-state index in [1.165, 1.54) is 31.2 Å². The minimum absolute atomic E-state index is 0.000559. The Morgan fingerprint density at radius 1 is 1.36 bits per heavy atom. The number of amides is 1. The molecule has 28 heavy (non-hydrogen) atoms. The first kappa shape index (κ1) is 21.0. The number of benzene rings is 2. The molecule has 1 aliphatic heterocycles. The van der Waals surface area contributed by atoms with E-state index in [0.29, 0.717) is 26.4 Å². The maximum Gasteiger partial charge on any atom is 0.242 e. The Hall–Kier alpha value is -1.68. The fraction of sp³-hybridized carbons (Fsp3) is 0.278. The van der Waals surface area contributed by atoms with E-state index in [4.69, 9.17) is 21.1 Å². The molecule has 2 aromatic carbocycles. The summed E-state index contributed by atoms with van der Waals surface area (Å²) in [6.45, 7) is 1.50. The number of hydrogen-bond acceptors (Lipinski definition) is 5. The molecule has 3 rings (SSSR count). The number of ether oxygens (including phenoxy) is 2. The van der Waals surface area contributed by atoms with Gasteiger partial charge in [0.1, 0.15) is 16.8 Å². The van der Waals surface area contributed by atoms with Gasteiger partial charge in [-0.2, -0.15) is 0 Å².